The van der Waals surface area contributed by atoms with Gasteiger partial charge in [0.15, 0.2) is 0 Å². The lowest BCUT2D eigenvalue weighted by Crippen LogP contribution is -2.31. The summed E-state index contributed by atoms with van der Waals surface area (Å²) in [6.45, 7) is 11.1. The highest BCUT2D eigenvalue weighted by atomic mass is 15.1. The minimum atomic E-state index is 0.793. The topological polar surface area (TPSA) is 29.3 Å². The van der Waals surface area contributed by atoms with Crippen LogP contribution in [0.25, 0.3) is 0 Å². The average Bonchev–Trinajstić information content (AvgIpc) is 2.09. The van der Waals surface area contributed by atoms with Crippen LogP contribution in [0, 0.1) is 5.92 Å². The maximum absolute atomic E-state index is 5.57. The molecule has 2 heteroatoms. The van der Waals surface area contributed by atoms with Gasteiger partial charge in [-0.2, -0.15) is 0 Å². The molecule has 0 aromatic heterocycles. The monoisotopic (exact) mass is 186 g/mol. The molecule has 13 heavy (non-hydrogen) atoms. The summed E-state index contributed by atoms with van der Waals surface area (Å²) in [5, 5.41) is 0. The van der Waals surface area contributed by atoms with E-state index < -0.39 is 0 Å². The molecule has 0 fully saturated rings. The number of hydrogen-bond acceptors (Lipinski definition) is 2. The van der Waals surface area contributed by atoms with E-state index in [9.17, 15) is 0 Å². The van der Waals surface area contributed by atoms with Crippen LogP contribution in [0.15, 0.2) is 0 Å². The Kier molecular flexibility index (Phi) is 8.46. The van der Waals surface area contributed by atoms with Crippen molar-refractivity contribution in [1.82, 2.24) is 4.90 Å². The second kappa shape index (κ2) is 8.52. The second-order valence-electron chi connectivity index (χ2n) is 4.17. The molecule has 0 radical (unpaired) electrons. The van der Waals surface area contributed by atoms with Crippen molar-refractivity contribution in [3.8, 4) is 0 Å². The van der Waals surface area contributed by atoms with Crippen LogP contribution in [0.1, 0.15) is 40.0 Å². The molecule has 0 aliphatic carbocycles. The zero-order chi connectivity index (χ0) is 10.1. The summed E-state index contributed by atoms with van der Waals surface area (Å²) < 4.78 is 0. The van der Waals surface area contributed by atoms with E-state index in [1.807, 2.05) is 0 Å². The molecular formula is C11H26N2. The normalized spacial score (nSPS) is 11.5. The Labute approximate surface area is 83.5 Å². The van der Waals surface area contributed by atoms with Gasteiger partial charge in [-0.1, -0.05) is 27.2 Å². The molecule has 0 atom stereocenters. The van der Waals surface area contributed by atoms with E-state index in [-0.39, 0.29) is 0 Å². The van der Waals surface area contributed by atoms with Gasteiger partial charge in [0.1, 0.15) is 0 Å². The van der Waals surface area contributed by atoms with Crippen LogP contribution in [-0.4, -0.2) is 31.1 Å². The molecule has 80 valence electrons. The van der Waals surface area contributed by atoms with Crippen LogP contribution >= 0.6 is 0 Å². The number of nitrogens with two attached hydrogens (primary N) is 1. The fourth-order valence-corrected chi connectivity index (χ4v) is 1.34. The lowest BCUT2D eigenvalue weighted by Gasteiger charge is -2.22. The van der Waals surface area contributed by atoms with Crippen LogP contribution in [0.3, 0.4) is 0 Å². The van der Waals surface area contributed by atoms with Crippen molar-refractivity contribution in [2.45, 2.75) is 40.0 Å². The molecule has 0 spiro atoms. The first-order valence-corrected chi connectivity index (χ1v) is 5.63. The highest BCUT2D eigenvalue weighted by molar-refractivity contribution is 4.59. The van der Waals surface area contributed by atoms with Gasteiger partial charge in [0.25, 0.3) is 0 Å². The average molecular weight is 186 g/mol. The molecule has 0 heterocycles. The van der Waals surface area contributed by atoms with E-state index in [4.69, 9.17) is 5.73 Å². The van der Waals surface area contributed by atoms with Crippen LogP contribution in [-0.2, 0) is 0 Å². The Morgan fingerprint density at radius 3 is 2.31 bits per heavy atom. The third-order valence-corrected chi connectivity index (χ3v) is 2.30. The van der Waals surface area contributed by atoms with Crippen LogP contribution in [0.2, 0.25) is 0 Å². The molecule has 0 rings (SSSR count). The quantitative estimate of drug-likeness (QED) is 0.629. The fraction of sp³-hybridized carbons (Fsp3) is 1.00. The maximum Gasteiger partial charge on any atom is 0.0105 e. The van der Waals surface area contributed by atoms with E-state index in [1.165, 1.54) is 32.4 Å². The van der Waals surface area contributed by atoms with Gasteiger partial charge in [0.05, 0.1) is 0 Å². The summed E-state index contributed by atoms with van der Waals surface area (Å²) in [5.74, 6) is 0.807. The van der Waals surface area contributed by atoms with Gasteiger partial charge in [0, 0.05) is 13.1 Å². The van der Waals surface area contributed by atoms with E-state index >= 15 is 0 Å². The molecule has 0 aromatic rings. The SMILES string of the molecule is CCCCN(CCN)CCC(C)C. The second-order valence-corrected chi connectivity index (χ2v) is 4.17. The van der Waals surface area contributed by atoms with Gasteiger partial charge in [-0.05, 0) is 31.8 Å². The molecular weight excluding hydrogens is 160 g/mol. The molecule has 0 bridgehead atoms. The largest absolute Gasteiger partial charge is 0.329 e. The summed E-state index contributed by atoms with van der Waals surface area (Å²) in [6.07, 6.45) is 3.88. The van der Waals surface area contributed by atoms with Crippen molar-refractivity contribution in [2.75, 3.05) is 26.2 Å². The summed E-state index contributed by atoms with van der Waals surface area (Å²) in [4.78, 5) is 2.49. The van der Waals surface area contributed by atoms with Crippen LogP contribution in [0.5, 0.6) is 0 Å². The predicted molar refractivity (Wildman–Crippen MR) is 59.9 cm³/mol. The van der Waals surface area contributed by atoms with Crippen molar-refractivity contribution < 1.29 is 0 Å². The number of nitrogens with zero attached hydrogens (tertiary/aromatic N) is 1. The van der Waals surface area contributed by atoms with E-state index in [0.29, 0.717) is 0 Å². The van der Waals surface area contributed by atoms with Crippen LogP contribution < -0.4 is 5.73 Å². The smallest absolute Gasteiger partial charge is 0.0105 e. The van der Waals surface area contributed by atoms with Gasteiger partial charge in [0.2, 0.25) is 0 Å². The lowest BCUT2D eigenvalue weighted by atomic mass is 10.1. The first-order chi connectivity index (χ1) is 6.20. The van der Waals surface area contributed by atoms with Crippen molar-refractivity contribution in [3.63, 3.8) is 0 Å². The third-order valence-electron chi connectivity index (χ3n) is 2.30. The molecule has 0 amide bonds. The Bertz CT molecular complexity index is 102. The van der Waals surface area contributed by atoms with Gasteiger partial charge in [-0.25, -0.2) is 0 Å². The molecule has 2 N–H and O–H groups in total. The highest BCUT2D eigenvalue weighted by Crippen LogP contribution is 2.03. The first kappa shape index (κ1) is 12.9. The summed E-state index contributed by atoms with van der Waals surface area (Å²) in [7, 11) is 0. The summed E-state index contributed by atoms with van der Waals surface area (Å²) >= 11 is 0. The van der Waals surface area contributed by atoms with Crippen molar-refractivity contribution >= 4 is 0 Å². The van der Waals surface area contributed by atoms with Crippen LogP contribution in [0.4, 0.5) is 0 Å². The summed E-state index contributed by atoms with van der Waals surface area (Å²) in [5.41, 5.74) is 5.57. The first-order valence-electron chi connectivity index (χ1n) is 5.63. The Morgan fingerprint density at radius 2 is 1.85 bits per heavy atom. The van der Waals surface area contributed by atoms with Gasteiger partial charge >= 0.3 is 0 Å². The van der Waals surface area contributed by atoms with Crippen molar-refractivity contribution in [2.24, 2.45) is 11.7 Å². The molecule has 0 aliphatic rings. The highest BCUT2D eigenvalue weighted by Gasteiger charge is 2.03. The Balaban J connectivity index is 3.53. The number of hydrogen-bond donors (Lipinski definition) is 1. The number of unbranched alkanes of at least 4 members (excludes halogenated alkanes) is 1. The molecule has 0 aromatic carbocycles. The van der Waals surface area contributed by atoms with Crippen molar-refractivity contribution in [1.29, 1.82) is 0 Å². The van der Waals surface area contributed by atoms with Gasteiger partial charge in [-0.3, -0.25) is 0 Å². The van der Waals surface area contributed by atoms with Gasteiger partial charge in [-0.15, -0.1) is 0 Å². The van der Waals surface area contributed by atoms with Crippen molar-refractivity contribution in [3.05, 3.63) is 0 Å². The minimum absolute atomic E-state index is 0.793. The van der Waals surface area contributed by atoms with E-state index in [2.05, 4.69) is 25.7 Å². The zero-order valence-electron chi connectivity index (χ0n) is 9.55. The van der Waals surface area contributed by atoms with Gasteiger partial charge < -0.3 is 10.6 Å². The lowest BCUT2D eigenvalue weighted by molar-refractivity contribution is 0.260. The standard InChI is InChI=1S/C11H26N2/c1-4-5-8-13(10-7-12)9-6-11(2)3/h11H,4-10,12H2,1-3H3. The van der Waals surface area contributed by atoms with E-state index in [1.54, 1.807) is 0 Å². The maximum atomic E-state index is 5.57. The predicted octanol–water partition coefficient (Wildman–Crippen LogP) is 2.09. The number of rotatable bonds is 8. The molecule has 0 unspecified atom stereocenters. The molecule has 0 saturated heterocycles. The molecule has 0 aliphatic heterocycles. The zero-order valence-corrected chi connectivity index (χ0v) is 9.55. The Hall–Kier alpha value is -0.0800. The summed E-state index contributed by atoms with van der Waals surface area (Å²) in [6, 6.07) is 0. The minimum Gasteiger partial charge on any atom is -0.329 e. The molecule has 0 saturated carbocycles. The third kappa shape index (κ3) is 8.26. The Morgan fingerprint density at radius 1 is 1.15 bits per heavy atom. The molecule has 2 nitrogen and oxygen atoms in total. The fourth-order valence-electron chi connectivity index (χ4n) is 1.34. The van der Waals surface area contributed by atoms with E-state index in [0.717, 1.165) is 19.0 Å².